The largest absolute Gasteiger partial charge is 0.493 e. The molecule has 2 aromatic heterocycles. The van der Waals surface area contributed by atoms with Crippen molar-refractivity contribution in [1.29, 1.82) is 0 Å². The topological polar surface area (TPSA) is 60.0 Å². The highest BCUT2D eigenvalue weighted by atomic mass is 32.2. The summed E-state index contributed by atoms with van der Waals surface area (Å²) >= 11 is 1.69. The first-order valence-corrected chi connectivity index (χ1v) is 11.4. The number of fused-ring (bicyclic) bond motifs is 1. The van der Waals surface area contributed by atoms with Crippen LogP contribution in [0.25, 0.3) is 11.0 Å². The molecule has 0 aliphatic carbocycles. The third-order valence-electron chi connectivity index (χ3n) is 4.89. The molecule has 0 atom stereocenters. The van der Waals surface area contributed by atoms with E-state index in [-0.39, 0.29) is 0 Å². The van der Waals surface area contributed by atoms with Crippen molar-refractivity contribution in [3.8, 4) is 5.75 Å². The molecule has 2 heterocycles. The number of imidazole rings is 1. The summed E-state index contributed by atoms with van der Waals surface area (Å²) < 4.78 is 11.1. The van der Waals surface area contributed by atoms with Crippen molar-refractivity contribution in [3.05, 3.63) is 47.9 Å². The van der Waals surface area contributed by atoms with Gasteiger partial charge >= 0.3 is 0 Å². The van der Waals surface area contributed by atoms with Crippen LogP contribution in [0.5, 0.6) is 5.75 Å². The van der Waals surface area contributed by atoms with Crippen molar-refractivity contribution < 1.29 is 9.47 Å². The number of unbranched alkanes of at least 4 members (excludes halogenated alkanes) is 5. The fourth-order valence-corrected chi connectivity index (χ4v) is 4.11. The zero-order chi connectivity index (χ0) is 20.3. The Morgan fingerprint density at radius 2 is 1.72 bits per heavy atom. The molecule has 156 valence electrons. The van der Waals surface area contributed by atoms with Gasteiger partial charge in [-0.05, 0) is 38.0 Å². The zero-order valence-electron chi connectivity index (χ0n) is 17.4. The number of hydrogen-bond donors (Lipinski definition) is 1. The Morgan fingerprint density at radius 1 is 0.966 bits per heavy atom. The van der Waals surface area contributed by atoms with E-state index < -0.39 is 0 Å². The van der Waals surface area contributed by atoms with Gasteiger partial charge in [-0.3, -0.25) is 0 Å². The number of benzene rings is 1. The van der Waals surface area contributed by atoms with Crippen molar-refractivity contribution in [2.75, 3.05) is 20.3 Å². The second kappa shape index (κ2) is 11.8. The lowest BCUT2D eigenvalue weighted by Crippen LogP contribution is -2.00. The van der Waals surface area contributed by atoms with E-state index in [4.69, 9.17) is 9.47 Å². The number of H-pyrrole nitrogens is 1. The van der Waals surface area contributed by atoms with Gasteiger partial charge in [0.25, 0.3) is 0 Å². The number of thioether (sulfide) groups is 1. The van der Waals surface area contributed by atoms with Gasteiger partial charge in [-0.1, -0.05) is 49.6 Å². The number of para-hydroxylation sites is 2. The lowest BCUT2D eigenvalue weighted by molar-refractivity contribution is 0.191. The Labute approximate surface area is 177 Å². The molecule has 0 aliphatic rings. The van der Waals surface area contributed by atoms with Crippen LogP contribution in [-0.2, 0) is 10.5 Å². The van der Waals surface area contributed by atoms with Crippen molar-refractivity contribution in [1.82, 2.24) is 15.0 Å². The Kier molecular flexibility index (Phi) is 8.83. The van der Waals surface area contributed by atoms with Crippen LogP contribution in [0.3, 0.4) is 0 Å². The Hall–Kier alpha value is -2.05. The predicted octanol–water partition coefficient (Wildman–Crippen LogP) is 5.92. The molecule has 5 nitrogen and oxygen atoms in total. The van der Waals surface area contributed by atoms with Crippen LogP contribution in [0.1, 0.15) is 49.9 Å². The number of ether oxygens (including phenoxy) is 2. The summed E-state index contributed by atoms with van der Waals surface area (Å²) in [4.78, 5) is 12.5. The quantitative estimate of drug-likeness (QED) is 0.278. The SMILES string of the molecule is COCCCCCCCCOc1ccnc(SCc2nc3ccccc3[nH]2)c1C. The van der Waals surface area contributed by atoms with Crippen molar-refractivity contribution in [2.24, 2.45) is 0 Å². The summed E-state index contributed by atoms with van der Waals surface area (Å²) in [5.74, 6) is 2.66. The monoisotopic (exact) mass is 413 g/mol. The number of methoxy groups -OCH3 is 1. The minimum absolute atomic E-state index is 0.759. The van der Waals surface area contributed by atoms with Gasteiger partial charge in [0.05, 0.1) is 23.4 Å². The fraction of sp³-hybridized carbons (Fsp3) is 0.478. The number of nitrogens with one attached hydrogen (secondary N) is 1. The second-order valence-electron chi connectivity index (χ2n) is 7.19. The van der Waals surface area contributed by atoms with Crippen LogP contribution in [0.4, 0.5) is 0 Å². The van der Waals surface area contributed by atoms with Crippen LogP contribution in [-0.4, -0.2) is 35.3 Å². The first-order valence-electron chi connectivity index (χ1n) is 10.4. The van der Waals surface area contributed by atoms with Gasteiger partial charge in [-0.25, -0.2) is 9.97 Å². The summed E-state index contributed by atoms with van der Waals surface area (Å²) in [6.07, 6.45) is 9.10. The maximum absolute atomic E-state index is 6.03. The molecule has 0 radical (unpaired) electrons. The van der Waals surface area contributed by atoms with E-state index in [0.29, 0.717) is 0 Å². The third-order valence-corrected chi connectivity index (χ3v) is 6.00. The second-order valence-corrected chi connectivity index (χ2v) is 8.16. The van der Waals surface area contributed by atoms with Crippen LogP contribution < -0.4 is 4.74 Å². The molecule has 1 aromatic carbocycles. The predicted molar refractivity (Wildman–Crippen MR) is 120 cm³/mol. The molecule has 29 heavy (non-hydrogen) atoms. The lowest BCUT2D eigenvalue weighted by Gasteiger charge is -2.11. The molecular formula is C23H31N3O2S. The molecule has 0 fully saturated rings. The van der Waals surface area contributed by atoms with Crippen molar-refractivity contribution in [2.45, 2.75) is 56.2 Å². The molecule has 0 saturated heterocycles. The molecule has 0 aliphatic heterocycles. The number of aromatic nitrogens is 3. The summed E-state index contributed by atoms with van der Waals surface area (Å²) in [6, 6.07) is 10.1. The maximum atomic E-state index is 6.03. The van der Waals surface area contributed by atoms with E-state index in [1.165, 1.54) is 25.7 Å². The fourth-order valence-electron chi connectivity index (χ4n) is 3.25. The normalized spacial score (nSPS) is 11.2. The minimum Gasteiger partial charge on any atom is -0.493 e. The van der Waals surface area contributed by atoms with Gasteiger partial charge in [-0.2, -0.15) is 0 Å². The van der Waals surface area contributed by atoms with Crippen LogP contribution >= 0.6 is 11.8 Å². The van der Waals surface area contributed by atoms with Gasteiger partial charge in [-0.15, -0.1) is 0 Å². The lowest BCUT2D eigenvalue weighted by atomic mass is 10.1. The highest BCUT2D eigenvalue weighted by molar-refractivity contribution is 7.98. The number of hydrogen-bond acceptors (Lipinski definition) is 5. The molecule has 0 bridgehead atoms. The molecule has 0 spiro atoms. The van der Waals surface area contributed by atoms with Crippen molar-refractivity contribution in [3.63, 3.8) is 0 Å². The molecule has 1 N–H and O–H groups in total. The van der Waals surface area contributed by atoms with E-state index in [1.54, 1.807) is 18.9 Å². The van der Waals surface area contributed by atoms with Gasteiger partial charge in [0.1, 0.15) is 16.6 Å². The molecular weight excluding hydrogens is 382 g/mol. The van der Waals surface area contributed by atoms with Crippen molar-refractivity contribution >= 4 is 22.8 Å². The van der Waals surface area contributed by atoms with E-state index in [1.807, 2.05) is 36.5 Å². The molecule has 6 heteroatoms. The van der Waals surface area contributed by atoms with E-state index >= 15 is 0 Å². The smallest absolute Gasteiger partial charge is 0.126 e. The molecule has 0 saturated carbocycles. The van der Waals surface area contributed by atoms with Crippen LogP contribution in [0.2, 0.25) is 0 Å². The first-order chi connectivity index (χ1) is 14.3. The van der Waals surface area contributed by atoms with Gasteiger partial charge in [0, 0.05) is 25.5 Å². The number of nitrogens with zero attached hydrogens (tertiary/aromatic N) is 2. The number of rotatable bonds is 13. The Morgan fingerprint density at radius 3 is 2.52 bits per heavy atom. The summed E-state index contributed by atoms with van der Waals surface area (Å²) in [5.41, 5.74) is 3.18. The van der Waals surface area contributed by atoms with E-state index in [9.17, 15) is 0 Å². The van der Waals surface area contributed by atoms with Gasteiger partial charge in [0.15, 0.2) is 0 Å². The van der Waals surface area contributed by atoms with E-state index in [0.717, 1.165) is 65.0 Å². The minimum atomic E-state index is 0.759. The summed E-state index contributed by atoms with van der Waals surface area (Å²) in [5, 5.41) is 1.00. The maximum Gasteiger partial charge on any atom is 0.126 e. The Bertz CT molecular complexity index is 848. The van der Waals surface area contributed by atoms with E-state index in [2.05, 4.69) is 21.9 Å². The standard InChI is InChI=1S/C23H31N3O2S/c1-18-21(28-16-10-6-4-3-5-9-15-27-2)13-14-24-23(18)29-17-22-25-19-11-7-8-12-20(19)26-22/h7-8,11-14H,3-6,9-10,15-17H2,1-2H3,(H,25,26). The first kappa shape index (κ1) is 21.7. The molecule has 3 aromatic rings. The van der Waals surface area contributed by atoms with Gasteiger partial charge in [0.2, 0.25) is 0 Å². The Balaban J connectivity index is 1.42. The van der Waals surface area contributed by atoms with Crippen LogP contribution in [0, 0.1) is 6.92 Å². The van der Waals surface area contributed by atoms with Crippen LogP contribution in [0.15, 0.2) is 41.6 Å². The molecule has 0 unspecified atom stereocenters. The average molecular weight is 414 g/mol. The summed E-state index contributed by atoms with van der Waals surface area (Å²) in [7, 11) is 1.77. The zero-order valence-corrected chi connectivity index (χ0v) is 18.3. The highest BCUT2D eigenvalue weighted by Crippen LogP contribution is 2.29. The highest BCUT2D eigenvalue weighted by Gasteiger charge is 2.09. The third kappa shape index (κ3) is 6.75. The molecule has 3 rings (SSSR count). The van der Waals surface area contributed by atoms with Gasteiger partial charge < -0.3 is 14.5 Å². The number of pyridine rings is 1. The average Bonchev–Trinajstić information content (AvgIpc) is 3.16. The number of aromatic amines is 1. The molecule has 0 amide bonds. The summed E-state index contributed by atoms with van der Waals surface area (Å²) in [6.45, 7) is 3.72.